The Morgan fingerprint density at radius 2 is 2.27 bits per heavy atom. The summed E-state index contributed by atoms with van der Waals surface area (Å²) < 4.78 is 0. The van der Waals surface area contributed by atoms with Crippen molar-refractivity contribution < 1.29 is 0 Å². The fourth-order valence-corrected chi connectivity index (χ4v) is 1.33. The molecule has 0 atom stereocenters. The fraction of sp³-hybridized carbons (Fsp3) is 0.444. The van der Waals surface area contributed by atoms with Crippen LogP contribution in [-0.2, 0) is 0 Å². The molecule has 0 fully saturated rings. The SMILES string of the molecule is C=C(C)/C(=C\C=N/C)SCC. The maximum absolute atomic E-state index is 3.88. The van der Waals surface area contributed by atoms with Gasteiger partial charge in [0.25, 0.3) is 0 Å². The lowest BCUT2D eigenvalue weighted by Crippen LogP contribution is -1.80. The van der Waals surface area contributed by atoms with E-state index in [2.05, 4.69) is 18.5 Å². The second-order valence-electron chi connectivity index (χ2n) is 2.15. The summed E-state index contributed by atoms with van der Waals surface area (Å²) in [5.41, 5.74) is 1.11. The van der Waals surface area contributed by atoms with Crippen molar-refractivity contribution in [2.45, 2.75) is 13.8 Å². The lowest BCUT2D eigenvalue weighted by atomic mass is 10.3. The Labute approximate surface area is 73.3 Å². The molecule has 2 heteroatoms. The zero-order valence-electron chi connectivity index (χ0n) is 7.42. The first-order valence-electron chi connectivity index (χ1n) is 3.63. The van der Waals surface area contributed by atoms with Gasteiger partial charge >= 0.3 is 0 Å². The fourth-order valence-electron chi connectivity index (χ4n) is 0.611. The number of hydrogen-bond acceptors (Lipinski definition) is 2. The standard InChI is InChI=1S/C9H15NS/c1-5-11-9(8(2)3)6-7-10-4/h6-7H,2,5H2,1,3-4H3/b9-6+,10-7-. The zero-order valence-corrected chi connectivity index (χ0v) is 8.24. The van der Waals surface area contributed by atoms with Gasteiger partial charge in [0.2, 0.25) is 0 Å². The van der Waals surface area contributed by atoms with Crippen molar-refractivity contribution in [2.75, 3.05) is 12.8 Å². The second kappa shape index (κ2) is 6.23. The average molecular weight is 169 g/mol. The highest BCUT2D eigenvalue weighted by atomic mass is 32.2. The molecular formula is C9H15NS. The van der Waals surface area contributed by atoms with Crippen molar-refractivity contribution in [3.63, 3.8) is 0 Å². The van der Waals surface area contributed by atoms with E-state index in [4.69, 9.17) is 0 Å². The second-order valence-corrected chi connectivity index (χ2v) is 3.46. The predicted octanol–water partition coefficient (Wildman–Crippen LogP) is 2.90. The monoisotopic (exact) mass is 169 g/mol. The molecule has 0 aromatic heterocycles. The molecule has 0 aliphatic heterocycles. The Morgan fingerprint density at radius 1 is 1.64 bits per heavy atom. The van der Waals surface area contributed by atoms with Crippen molar-refractivity contribution in [1.82, 2.24) is 0 Å². The molecule has 0 rings (SSSR count). The molecule has 0 amide bonds. The van der Waals surface area contributed by atoms with E-state index in [0.717, 1.165) is 11.3 Å². The van der Waals surface area contributed by atoms with Gasteiger partial charge in [-0.2, -0.15) is 0 Å². The third kappa shape index (κ3) is 4.85. The first kappa shape index (κ1) is 10.5. The highest BCUT2D eigenvalue weighted by Gasteiger charge is 1.94. The molecule has 62 valence electrons. The van der Waals surface area contributed by atoms with Crippen molar-refractivity contribution in [1.29, 1.82) is 0 Å². The van der Waals surface area contributed by atoms with Gasteiger partial charge in [0.05, 0.1) is 0 Å². The number of rotatable bonds is 4. The molecule has 0 saturated heterocycles. The van der Waals surface area contributed by atoms with Gasteiger partial charge in [0, 0.05) is 18.2 Å². The first-order valence-corrected chi connectivity index (χ1v) is 4.62. The maximum atomic E-state index is 3.88. The predicted molar refractivity (Wildman–Crippen MR) is 55.4 cm³/mol. The van der Waals surface area contributed by atoms with Gasteiger partial charge in [0.15, 0.2) is 0 Å². The molecule has 0 saturated carbocycles. The lowest BCUT2D eigenvalue weighted by molar-refractivity contribution is 1.46. The van der Waals surface area contributed by atoms with Crippen LogP contribution in [0.5, 0.6) is 0 Å². The molecule has 0 heterocycles. The molecule has 0 N–H and O–H groups in total. The molecule has 1 nitrogen and oxygen atoms in total. The van der Waals surface area contributed by atoms with Crippen LogP contribution in [0.3, 0.4) is 0 Å². The molecular weight excluding hydrogens is 154 g/mol. The highest BCUT2D eigenvalue weighted by Crippen LogP contribution is 2.21. The number of allylic oxidation sites excluding steroid dienone is 2. The van der Waals surface area contributed by atoms with Gasteiger partial charge in [-0.1, -0.05) is 13.5 Å². The van der Waals surface area contributed by atoms with Crippen molar-refractivity contribution in [2.24, 2.45) is 4.99 Å². The summed E-state index contributed by atoms with van der Waals surface area (Å²) in [5, 5.41) is 0. The van der Waals surface area contributed by atoms with Crippen LogP contribution in [-0.4, -0.2) is 19.0 Å². The third-order valence-corrected chi connectivity index (χ3v) is 2.18. The van der Waals surface area contributed by atoms with Crippen LogP contribution in [0.4, 0.5) is 0 Å². The van der Waals surface area contributed by atoms with Gasteiger partial charge in [-0.15, -0.1) is 11.8 Å². The topological polar surface area (TPSA) is 12.4 Å². The van der Waals surface area contributed by atoms with Crippen LogP contribution < -0.4 is 0 Å². The Hall–Kier alpha value is -0.500. The number of aliphatic imine (C=N–C) groups is 1. The first-order chi connectivity index (χ1) is 5.22. The molecule has 0 aromatic rings. The van der Waals surface area contributed by atoms with Gasteiger partial charge in [-0.3, -0.25) is 4.99 Å². The minimum absolute atomic E-state index is 1.08. The summed E-state index contributed by atoms with van der Waals surface area (Å²) in [6.07, 6.45) is 3.79. The summed E-state index contributed by atoms with van der Waals surface area (Å²) in [6.45, 7) is 8.02. The maximum Gasteiger partial charge on any atom is 0.0277 e. The Bertz CT molecular complexity index is 180. The van der Waals surface area contributed by atoms with E-state index < -0.39 is 0 Å². The Kier molecular flexibility index (Phi) is 5.94. The van der Waals surface area contributed by atoms with Crippen LogP contribution in [0.15, 0.2) is 28.1 Å². The van der Waals surface area contributed by atoms with Crippen LogP contribution in [0.1, 0.15) is 13.8 Å². The molecule has 0 aromatic carbocycles. The molecule has 0 spiro atoms. The number of hydrogen-bond donors (Lipinski definition) is 0. The Balaban J connectivity index is 4.20. The molecule has 0 aliphatic rings. The molecule has 0 unspecified atom stereocenters. The summed E-state index contributed by atoms with van der Waals surface area (Å²) in [4.78, 5) is 5.10. The number of nitrogens with zero attached hydrogens (tertiary/aromatic N) is 1. The van der Waals surface area contributed by atoms with Gasteiger partial charge in [-0.25, -0.2) is 0 Å². The molecule has 11 heavy (non-hydrogen) atoms. The van der Waals surface area contributed by atoms with E-state index in [1.165, 1.54) is 4.91 Å². The minimum atomic E-state index is 1.08. The molecule has 0 radical (unpaired) electrons. The smallest absolute Gasteiger partial charge is 0.0277 e. The van der Waals surface area contributed by atoms with Gasteiger partial charge < -0.3 is 0 Å². The number of thioether (sulfide) groups is 1. The van der Waals surface area contributed by atoms with Gasteiger partial charge in [-0.05, 0) is 24.3 Å². The van der Waals surface area contributed by atoms with Crippen molar-refractivity contribution in [3.05, 3.63) is 23.1 Å². The molecule has 0 bridgehead atoms. The summed E-state index contributed by atoms with van der Waals surface area (Å²) >= 11 is 1.79. The van der Waals surface area contributed by atoms with Gasteiger partial charge in [0.1, 0.15) is 0 Å². The van der Waals surface area contributed by atoms with Crippen molar-refractivity contribution >= 4 is 18.0 Å². The van der Waals surface area contributed by atoms with E-state index in [0.29, 0.717) is 0 Å². The van der Waals surface area contributed by atoms with Crippen LogP contribution >= 0.6 is 11.8 Å². The van der Waals surface area contributed by atoms with Crippen LogP contribution in [0.25, 0.3) is 0 Å². The van der Waals surface area contributed by atoms with E-state index in [1.54, 1.807) is 25.0 Å². The third-order valence-electron chi connectivity index (χ3n) is 1.10. The largest absolute Gasteiger partial charge is 0.296 e. The van der Waals surface area contributed by atoms with E-state index in [-0.39, 0.29) is 0 Å². The van der Waals surface area contributed by atoms with E-state index in [9.17, 15) is 0 Å². The van der Waals surface area contributed by atoms with Crippen LogP contribution in [0, 0.1) is 0 Å². The highest BCUT2D eigenvalue weighted by molar-refractivity contribution is 8.03. The van der Waals surface area contributed by atoms with Crippen molar-refractivity contribution in [3.8, 4) is 0 Å². The summed E-state index contributed by atoms with van der Waals surface area (Å²) in [7, 11) is 1.77. The lowest BCUT2D eigenvalue weighted by Gasteiger charge is -2.01. The summed E-state index contributed by atoms with van der Waals surface area (Å²) in [6, 6.07) is 0. The van der Waals surface area contributed by atoms with Crippen LogP contribution in [0.2, 0.25) is 0 Å². The quantitative estimate of drug-likeness (QED) is 0.465. The minimum Gasteiger partial charge on any atom is -0.296 e. The average Bonchev–Trinajstić information content (AvgIpc) is 1.97. The normalized spacial score (nSPS) is 12.5. The van der Waals surface area contributed by atoms with E-state index >= 15 is 0 Å². The molecule has 0 aliphatic carbocycles. The summed E-state index contributed by atoms with van der Waals surface area (Å²) in [5.74, 6) is 1.08. The van der Waals surface area contributed by atoms with E-state index in [1.807, 2.05) is 13.0 Å². The Morgan fingerprint density at radius 3 is 2.64 bits per heavy atom. The zero-order chi connectivity index (χ0) is 8.69.